The summed E-state index contributed by atoms with van der Waals surface area (Å²) in [6.07, 6.45) is 0. The molecule has 6 nitrogen and oxygen atoms in total. The summed E-state index contributed by atoms with van der Waals surface area (Å²) in [6.45, 7) is 1.87. The molecule has 0 radical (unpaired) electrons. The molecule has 0 saturated heterocycles. The van der Waals surface area contributed by atoms with Crippen molar-refractivity contribution >= 4 is 23.1 Å². The molecule has 0 aliphatic carbocycles. The quantitative estimate of drug-likeness (QED) is 0.389. The predicted octanol–water partition coefficient (Wildman–Crippen LogP) is 3.63. The summed E-state index contributed by atoms with van der Waals surface area (Å²) in [7, 11) is 0. The molecular formula is C14H12ClN3O3. The average Bonchev–Trinajstić information content (AvgIpc) is 2.40. The van der Waals surface area contributed by atoms with E-state index in [9.17, 15) is 10.1 Å². The van der Waals surface area contributed by atoms with E-state index in [1.165, 1.54) is 18.2 Å². The van der Waals surface area contributed by atoms with Crippen molar-refractivity contribution in [3.05, 3.63) is 62.7 Å². The Morgan fingerprint density at radius 2 is 2.05 bits per heavy atom. The third kappa shape index (κ3) is 3.29. The predicted molar refractivity (Wildman–Crippen MR) is 80.4 cm³/mol. The van der Waals surface area contributed by atoms with E-state index >= 15 is 0 Å². The van der Waals surface area contributed by atoms with Crippen molar-refractivity contribution in [3.63, 3.8) is 0 Å². The van der Waals surface area contributed by atoms with E-state index in [1.54, 1.807) is 12.1 Å². The molecule has 0 heterocycles. The summed E-state index contributed by atoms with van der Waals surface area (Å²) in [5.74, 6) is 0.594. The van der Waals surface area contributed by atoms with Crippen LogP contribution in [0.3, 0.4) is 0 Å². The van der Waals surface area contributed by atoms with Gasteiger partial charge in [0.15, 0.2) is 0 Å². The first-order valence-electron chi connectivity index (χ1n) is 5.95. The van der Waals surface area contributed by atoms with Crippen molar-refractivity contribution in [2.24, 2.45) is 5.73 Å². The fourth-order valence-corrected chi connectivity index (χ4v) is 2.01. The summed E-state index contributed by atoms with van der Waals surface area (Å²) in [5, 5.41) is 18.2. The summed E-state index contributed by atoms with van der Waals surface area (Å²) < 4.78 is 5.61. The molecule has 0 aromatic heterocycles. The summed E-state index contributed by atoms with van der Waals surface area (Å²) in [5.41, 5.74) is 6.71. The molecule has 2 rings (SSSR count). The zero-order chi connectivity index (χ0) is 15.6. The van der Waals surface area contributed by atoms with Crippen molar-refractivity contribution in [2.75, 3.05) is 0 Å². The van der Waals surface area contributed by atoms with Crippen molar-refractivity contribution in [1.29, 1.82) is 5.41 Å². The minimum absolute atomic E-state index is 0.0195. The Morgan fingerprint density at radius 1 is 1.33 bits per heavy atom. The third-order valence-electron chi connectivity index (χ3n) is 2.77. The number of nitrogens with one attached hydrogen (secondary N) is 1. The van der Waals surface area contributed by atoms with E-state index in [1.807, 2.05) is 13.0 Å². The number of nitrogens with two attached hydrogens (primary N) is 1. The summed E-state index contributed by atoms with van der Waals surface area (Å²) in [6, 6.07) is 9.28. The summed E-state index contributed by atoms with van der Waals surface area (Å²) in [4.78, 5) is 10.1. The standard InChI is InChI=1S/C14H12ClN3O3/c1-8-2-5-13(10(6-8)14(16)17)21-9-3-4-12(18(19)20)11(15)7-9/h2-7H,1H3,(H3,16,17). The number of aryl methyl sites for hydroxylation is 1. The van der Waals surface area contributed by atoms with Crippen LogP contribution in [0, 0.1) is 22.4 Å². The van der Waals surface area contributed by atoms with Gasteiger partial charge in [0, 0.05) is 12.1 Å². The number of hydrogen-bond donors (Lipinski definition) is 2. The van der Waals surface area contributed by atoms with Gasteiger partial charge in [-0.25, -0.2) is 0 Å². The number of amidine groups is 1. The van der Waals surface area contributed by atoms with Gasteiger partial charge < -0.3 is 10.5 Å². The highest BCUT2D eigenvalue weighted by Gasteiger charge is 2.14. The molecule has 0 spiro atoms. The van der Waals surface area contributed by atoms with Crippen LogP contribution in [0.4, 0.5) is 5.69 Å². The van der Waals surface area contributed by atoms with E-state index in [2.05, 4.69) is 0 Å². The minimum Gasteiger partial charge on any atom is -0.457 e. The zero-order valence-electron chi connectivity index (χ0n) is 11.1. The molecular weight excluding hydrogens is 294 g/mol. The van der Waals surface area contributed by atoms with Crippen molar-refractivity contribution in [2.45, 2.75) is 6.92 Å². The second-order valence-corrected chi connectivity index (χ2v) is 4.79. The molecule has 108 valence electrons. The van der Waals surface area contributed by atoms with Gasteiger partial charge in [-0.1, -0.05) is 23.2 Å². The van der Waals surface area contributed by atoms with E-state index in [-0.39, 0.29) is 16.5 Å². The molecule has 3 N–H and O–H groups in total. The smallest absolute Gasteiger partial charge is 0.288 e. The second-order valence-electron chi connectivity index (χ2n) is 4.39. The Kier molecular flexibility index (Phi) is 4.09. The fraction of sp³-hybridized carbons (Fsp3) is 0.0714. The van der Waals surface area contributed by atoms with Crippen LogP contribution in [0.2, 0.25) is 5.02 Å². The SMILES string of the molecule is Cc1ccc(Oc2ccc([N+](=O)[O-])c(Cl)c2)c(C(=N)N)c1. The second kappa shape index (κ2) is 5.80. The Hall–Kier alpha value is -2.60. The third-order valence-corrected chi connectivity index (χ3v) is 3.07. The Balaban J connectivity index is 2.37. The number of ether oxygens (including phenoxy) is 1. The zero-order valence-corrected chi connectivity index (χ0v) is 11.8. The van der Waals surface area contributed by atoms with Crippen LogP contribution in [-0.2, 0) is 0 Å². The van der Waals surface area contributed by atoms with Gasteiger partial charge in [0.2, 0.25) is 0 Å². The van der Waals surface area contributed by atoms with Gasteiger partial charge in [-0.2, -0.15) is 0 Å². The van der Waals surface area contributed by atoms with E-state index in [0.717, 1.165) is 5.56 Å². The highest BCUT2D eigenvalue weighted by atomic mass is 35.5. The monoisotopic (exact) mass is 305 g/mol. The average molecular weight is 306 g/mol. The molecule has 0 aliphatic rings. The molecule has 0 atom stereocenters. The van der Waals surface area contributed by atoms with Crippen LogP contribution in [0.15, 0.2) is 36.4 Å². The Labute approximate surface area is 125 Å². The van der Waals surface area contributed by atoms with E-state index < -0.39 is 4.92 Å². The van der Waals surface area contributed by atoms with Gasteiger partial charge >= 0.3 is 0 Å². The topological polar surface area (TPSA) is 102 Å². The first kappa shape index (κ1) is 14.8. The van der Waals surface area contributed by atoms with Crippen molar-refractivity contribution in [1.82, 2.24) is 0 Å². The number of nitro benzene ring substituents is 1. The molecule has 2 aromatic carbocycles. The Morgan fingerprint density at radius 3 is 2.62 bits per heavy atom. The lowest BCUT2D eigenvalue weighted by Gasteiger charge is -2.11. The number of hydrogen-bond acceptors (Lipinski definition) is 4. The highest BCUT2D eigenvalue weighted by Crippen LogP contribution is 2.32. The lowest BCUT2D eigenvalue weighted by molar-refractivity contribution is -0.384. The van der Waals surface area contributed by atoms with Gasteiger partial charge in [0.05, 0.1) is 10.5 Å². The van der Waals surface area contributed by atoms with E-state index in [0.29, 0.717) is 17.1 Å². The van der Waals surface area contributed by atoms with Crippen LogP contribution < -0.4 is 10.5 Å². The fourth-order valence-electron chi connectivity index (χ4n) is 1.77. The molecule has 0 saturated carbocycles. The number of rotatable bonds is 4. The molecule has 2 aromatic rings. The first-order chi connectivity index (χ1) is 9.88. The van der Waals surface area contributed by atoms with E-state index in [4.69, 9.17) is 27.5 Å². The van der Waals surface area contributed by atoms with Crippen LogP contribution >= 0.6 is 11.6 Å². The number of nitro groups is 1. The number of nitrogen functional groups attached to an aromatic ring is 1. The highest BCUT2D eigenvalue weighted by molar-refractivity contribution is 6.32. The lowest BCUT2D eigenvalue weighted by Crippen LogP contribution is -2.12. The minimum atomic E-state index is -0.570. The van der Waals surface area contributed by atoms with Crippen LogP contribution in [0.25, 0.3) is 0 Å². The summed E-state index contributed by atoms with van der Waals surface area (Å²) >= 11 is 5.83. The maximum atomic E-state index is 10.7. The number of halogens is 1. The van der Waals surface area contributed by atoms with Crippen LogP contribution in [0.5, 0.6) is 11.5 Å². The van der Waals surface area contributed by atoms with Gasteiger partial charge in [-0.05, 0) is 25.1 Å². The number of nitrogens with zero attached hydrogens (tertiary/aromatic N) is 1. The molecule has 21 heavy (non-hydrogen) atoms. The van der Waals surface area contributed by atoms with Gasteiger partial charge in [0.1, 0.15) is 22.4 Å². The maximum Gasteiger partial charge on any atom is 0.288 e. The molecule has 0 aliphatic heterocycles. The molecule has 7 heteroatoms. The largest absolute Gasteiger partial charge is 0.457 e. The van der Waals surface area contributed by atoms with Gasteiger partial charge in [0.25, 0.3) is 5.69 Å². The van der Waals surface area contributed by atoms with Gasteiger partial charge in [-0.15, -0.1) is 0 Å². The Bertz CT molecular complexity index is 731. The molecule has 0 fully saturated rings. The lowest BCUT2D eigenvalue weighted by atomic mass is 10.1. The molecule has 0 unspecified atom stereocenters. The molecule has 0 bridgehead atoms. The first-order valence-corrected chi connectivity index (χ1v) is 6.33. The van der Waals surface area contributed by atoms with Crippen molar-refractivity contribution < 1.29 is 9.66 Å². The van der Waals surface area contributed by atoms with Crippen LogP contribution in [-0.4, -0.2) is 10.8 Å². The van der Waals surface area contributed by atoms with Gasteiger partial charge in [-0.3, -0.25) is 15.5 Å². The number of benzene rings is 2. The molecule has 0 amide bonds. The van der Waals surface area contributed by atoms with Crippen molar-refractivity contribution in [3.8, 4) is 11.5 Å². The maximum absolute atomic E-state index is 10.7. The normalized spacial score (nSPS) is 10.2. The van der Waals surface area contributed by atoms with Crippen LogP contribution in [0.1, 0.15) is 11.1 Å².